The highest BCUT2D eigenvalue weighted by molar-refractivity contribution is 6.30. The van der Waals surface area contributed by atoms with Crippen LogP contribution in [0.2, 0.25) is 5.02 Å². The van der Waals surface area contributed by atoms with Crippen LogP contribution < -0.4 is 4.90 Å². The highest BCUT2D eigenvalue weighted by Gasteiger charge is 2.30. The molecule has 4 rings (SSSR count). The van der Waals surface area contributed by atoms with Crippen molar-refractivity contribution in [2.24, 2.45) is 0 Å². The third kappa shape index (κ3) is 3.45. The van der Waals surface area contributed by atoms with E-state index < -0.39 is 0 Å². The highest BCUT2D eigenvalue weighted by atomic mass is 35.5. The summed E-state index contributed by atoms with van der Waals surface area (Å²) in [5, 5.41) is 0.722. The van der Waals surface area contributed by atoms with Gasteiger partial charge in [0.2, 0.25) is 5.95 Å². The van der Waals surface area contributed by atoms with Crippen molar-refractivity contribution in [2.75, 3.05) is 37.7 Å². The summed E-state index contributed by atoms with van der Waals surface area (Å²) in [6, 6.07) is 7.73. The van der Waals surface area contributed by atoms with Crippen molar-refractivity contribution in [1.82, 2.24) is 14.9 Å². The van der Waals surface area contributed by atoms with Gasteiger partial charge in [-0.15, -0.1) is 0 Å². The summed E-state index contributed by atoms with van der Waals surface area (Å²) in [7, 11) is 0. The predicted octanol–water partition coefficient (Wildman–Crippen LogP) is 2.17. The maximum atomic E-state index is 12.6. The molecule has 0 saturated carbocycles. The van der Waals surface area contributed by atoms with Gasteiger partial charge in [0.1, 0.15) is 0 Å². The lowest BCUT2D eigenvalue weighted by molar-refractivity contribution is 0.0779. The third-order valence-corrected chi connectivity index (χ3v) is 4.84. The van der Waals surface area contributed by atoms with E-state index in [0.29, 0.717) is 37.8 Å². The van der Waals surface area contributed by atoms with Crippen molar-refractivity contribution in [3.05, 3.63) is 52.3 Å². The van der Waals surface area contributed by atoms with E-state index in [1.54, 1.807) is 6.20 Å². The average Bonchev–Trinajstić information content (AvgIpc) is 2.97. The number of anilines is 1. The smallest absolute Gasteiger partial charge is 0.257 e. The van der Waals surface area contributed by atoms with Crippen molar-refractivity contribution in [2.45, 2.75) is 13.0 Å². The second-order valence-electron chi connectivity index (χ2n) is 6.23. The van der Waals surface area contributed by atoms with Crippen LogP contribution in [0.1, 0.15) is 21.6 Å². The zero-order valence-electron chi connectivity index (χ0n) is 13.8. The maximum absolute atomic E-state index is 12.6. The van der Waals surface area contributed by atoms with Gasteiger partial charge in [-0.25, -0.2) is 9.97 Å². The molecule has 0 atom stereocenters. The number of halogens is 1. The molecule has 0 N–H and O–H groups in total. The summed E-state index contributed by atoms with van der Waals surface area (Å²) in [5.74, 6) is 0.701. The van der Waals surface area contributed by atoms with Crippen LogP contribution in [0, 0.1) is 0 Å². The van der Waals surface area contributed by atoms with Crippen LogP contribution in [0.3, 0.4) is 0 Å². The molecule has 0 aliphatic carbocycles. The summed E-state index contributed by atoms with van der Waals surface area (Å²) >= 11 is 5.91. The fraction of sp³-hybridized carbons (Fsp3) is 0.389. The topological polar surface area (TPSA) is 58.6 Å². The molecule has 0 spiro atoms. The quantitative estimate of drug-likeness (QED) is 0.838. The van der Waals surface area contributed by atoms with Crippen molar-refractivity contribution in [1.29, 1.82) is 0 Å². The number of hydrogen-bond acceptors (Lipinski definition) is 5. The molecule has 2 aliphatic heterocycles. The second kappa shape index (κ2) is 6.98. The van der Waals surface area contributed by atoms with Gasteiger partial charge in [-0.2, -0.15) is 0 Å². The molecule has 1 amide bonds. The maximum Gasteiger partial charge on any atom is 0.257 e. The normalized spacial score (nSPS) is 17.1. The number of carbonyl (C=O) groups is 1. The van der Waals surface area contributed by atoms with E-state index in [2.05, 4.69) is 14.9 Å². The SMILES string of the molecule is O=C1c2cnc(N3CCOCC3)nc2CN1CCc1ccc(Cl)cc1. The van der Waals surface area contributed by atoms with Crippen molar-refractivity contribution < 1.29 is 9.53 Å². The van der Waals surface area contributed by atoms with Gasteiger partial charge >= 0.3 is 0 Å². The lowest BCUT2D eigenvalue weighted by Gasteiger charge is -2.26. The van der Waals surface area contributed by atoms with Crippen LogP contribution in [0.4, 0.5) is 5.95 Å². The largest absolute Gasteiger partial charge is 0.378 e. The van der Waals surface area contributed by atoms with Crippen molar-refractivity contribution in [3.8, 4) is 0 Å². The minimum absolute atomic E-state index is 0.0116. The number of ether oxygens (including phenoxy) is 1. The molecule has 1 saturated heterocycles. The number of carbonyl (C=O) groups excluding carboxylic acids is 1. The van der Waals surface area contributed by atoms with Gasteiger partial charge in [0, 0.05) is 30.9 Å². The molecular formula is C18H19ClN4O2. The number of benzene rings is 1. The van der Waals surface area contributed by atoms with E-state index >= 15 is 0 Å². The molecule has 1 aromatic heterocycles. The van der Waals surface area contributed by atoms with Gasteiger partial charge in [0.25, 0.3) is 5.91 Å². The molecule has 130 valence electrons. The Bertz CT molecular complexity index is 775. The van der Waals surface area contributed by atoms with Gasteiger partial charge in [0.05, 0.1) is 31.0 Å². The highest BCUT2D eigenvalue weighted by Crippen LogP contribution is 2.23. The van der Waals surface area contributed by atoms with E-state index in [0.717, 1.165) is 35.8 Å². The fourth-order valence-electron chi connectivity index (χ4n) is 3.14. The van der Waals surface area contributed by atoms with Gasteiger partial charge in [0.15, 0.2) is 0 Å². The molecule has 25 heavy (non-hydrogen) atoms. The Hall–Kier alpha value is -2.18. The standard InChI is InChI=1S/C18H19ClN4O2/c19-14-3-1-13(2-4-14)5-6-23-12-16-15(17(23)24)11-20-18(21-16)22-7-9-25-10-8-22/h1-4,11H,5-10,12H2. The Labute approximate surface area is 151 Å². The Balaban J connectivity index is 1.44. The summed E-state index contributed by atoms with van der Waals surface area (Å²) in [6.45, 7) is 4.14. The van der Waals surface area contributed by atoms with Gasteiger partial charge in [-0.1, -0.05) is 23.7 Å². The minimum atomic E-state index is 0.0116. The number of nitrogens with zero attached hydrogens (tertiary/aromatic N) is 4. The molecule has 1 aromatic carbocycles. The molecular weight excluding hydrogens is 340 g/mol. The van der Waals surface area contributed by atoms with Crippen LogP contribution in [0.5, 0.6) is 0 Å². The predicted molar refractivity (Wildman–Crippen MR) is 95.0 cm³/mol. The Morgan fingerprint density at radius 1 is 1.16 bits per heavy atom. The first-order valence-electron chi connectivity index (χ1n) is 8.43. The van der Waals surface area contributed by atoms with E-state index in [-0.39, 0.29) is 5.91 Å². The number of aromatic nitrogens is 2. The molecule has 0 bridgehead atoms. The molecule has 1 fully saturated rings. The Kier molecular flexibility index (Phi) is 4.55. The molecule has 6 nitrogen and oxygen atoms in total. The number of rotatable bonds is 4. The Morgan fingerprint density at radius 2 is 1.92 bits per heavy atom. The minimum Gasteiger partial charge on any atom is -0.378 e. The van der Waals surface area contributed by atoms with E-state index in [1.165, 1.54) is 0 Å². The molecule has 7 heteroatoms. The molecule has 0 radical (unpaired) electrons. The van der Waals surface area contributed by atoms with Crippen LogP contribution >= 0.6 is 11.6 Å². The first-order chi connectivity index (χ1) is 12.2. The lowest BCUT2D eigenvalue weighted by atomic mass is 10.1. The second-order valence-corrected chi connectivity index (χ2v) is 6.67. The summed E-state index contributed by atoms with van der Waals surface area (Å²) in [4.78, 5) is 25.5. The monoisotopic (exact) mass is 358 g/mol. The van der Waals surface area contributed by atoms with E-state index in [4.69, 9.17) is 16.3 Å². The molecule has 0 unspecified atom stereocenters. The zero-order valence-corrected chi connectivity index (χ0v) is 14.6. The van der Waals surface area contributed by atoms with Crippen LogP contribution in [-0.4, -0.2) is 53.6 Å². The zero-order chi connectivity index (χ0) is 17.2. The van der Waals surface area contributed by atoms with E-state index in [9.17, 15) is 4.79 Å². The van der Waals surface area contributed by atoms with Gasteiger partial charge in [-0.3, -0.25) is 4.79 Å². The third-order valence-electron chi connectivity index (χ3n) is 4.59. The van der Waals surface area contributed by atoms with Crippen LogP contribution in [0.15, 0.2) is 30.5 Å². The van der Waals surface area contributed by atoms with Crippen LogP contribution in [0.25, 0.3) is 0 Å². The van der Waals surface area contributed by atoms with Gasteiger partial charge in [-0.05, 0) is 24.1 Å². The van der Waals surface area contributed by atoms with E-state index in [1.807, 2.05) is 29.2 Å². The van der Waals surface area contributed by atoms with Crippen molar-refractivity contribution in [3.63, 3.8) is 0 Å². The lowest BCUT2D eigenvalue weighted by Crippen LogP contribution is -2.37. The fourth-order valence-corrected chi connectivity index (χ4v) is 3.27. The summed E-state index contributed by atoms with van der Waals surface area (Å²) in [5.41, 5.74) is 2.60. The first kappa shape index (κ1) is 16.3. The number of amides is 1. The van der Waals surface area contributed by atoms with Crippen molar-refractivity contribution >= 4 is 23.5 Å². The summed E-state index contributed by atoms with van der Waals surface area (Å²) in [6.07, 6.45) is 2.46. The molecule has 2 aromatic rings. The summed E-state index contributed by atoms with van der Waals surface area (Å²) < 4.78 is 5.36. The van der Waals surface area contributed by atoms with Gasteiger partial charge < -0.3 is 14.5 Å². The molecule has 3 heterocycles. The number of fused-ring (bicyclic) bond motifs is 1. The average molecular weight is 359 g/mol. The number of hydrogen-bond donors (Lipinski definition) is 0. The molecule has 2 aliphatic rings. The van der Waals surface area contributed by atoms with Crippen LogP contribution in [-0.2, 0) is 17.7 Å². The first-order valence-corrected chi connectivity index (χ1v) is 8.81. The Morgan fingerprint density at radius 3 is 2.68 bits per heavy atom. The number of morpholine rings is 1.